The predicted molar refractivity (Wildman–Crippen MR) is 64.6 cm³/mol. The summed E-state index contributed by atoms with van der Waals surface area (Å²) in [5.41, 5.74) is 0. The van der Waals surface area contributed by atoms with Crippen molar-refractivity contribution >= 4 is 11.9 Å². The van der Waals surface area contributed by atoms with E-state index < -0.39 is 17.8 Å². The molecule has 2 saturated heterocycles. The predicted octanol–water partition coefficient (Wildman–Crippen LogP) is 0.0385. The molecule has 0 aromatic rings. The topological polar surface area (TPSA) is 79.6 Å². The van der Waals surface area contributed by atoms with Crippen LogP contribution in [0, 0.1) is 35.0 Å². The zero-order valence-corrected chi connectivity index (χ0v) is 11.3. The van der Waals surface area contributed by atoms with Crippen molar-refractivity contribution < 1.29 is 19.1 Å². The Hall–Kier alpha value is -1.61. The van der Waals surface area contributed by atoms with Crippen molar-refractivity contribution in [2.75, 3.05) is 27.8 Å². The van der Waals surface area contributed by atoms with Crippen LogP contribution < -0.4 is 0 Å². The van der Waals surface area contributed by atoms with E-state index in [1.807, 2.05) is 11.9 Å². The monoisotopic (exact) mass is 266 g/mol. The maximum Gasteiger partial charge on any atom is 0.311 e. The molecule has 2 heterocycles. The molecule has 104 valence electrons. The maximum atomic E-state index is 12.0. The van der Waals surface area contributed by atoms with Crippen LogP contribution in [0.2, 0.25) is 0 Å². The third-order valence-corrected chi connectivity index (χ3v) is 4.38. The molecule has 6 heteroatoms. The summed E-state index contributed by atoms with van der Waals surface area (Å²) < 4.78 is 9.65. The van der Waals surface area contributed by atoms with Crippen molar-refractivity contribution in [3.63, 3.8) is 0 Å². The van der Waals surface area contributed by atoms with Gasteiger partial charge in [0.2, 0.25) is 0 Å². The second kappa shape index (κ2) is 5.17. The molecule has 19 heavy (non-hydrogen) atoms. The maximum absolute atomic E-state index is 12.0. The van der Waals surface area contributed by atoms with Crippen LogP contribution in [0.25, 0.3) is 0 Å². The average molecular weight is 266 g/mol. The summed E-state index contributed by atoms with van der Waals surface area (Å²) in [5.74, 6) is -2.19. The Morgan fingerprint density at radius 2 is 1.79 bits per heavy atom. The first-order valence-corrected chi connectivity index (χ1v) is 6.30. The lowest BCUT2D eigenvalue weighted by molar-refractivity contribution is -0.175. The number of hydrogen-bond donors (Lipinski definition) is 0. The highest BCUT2D eigenvalue weighted by molar-refractivity contribution is 5.83. The van der Waals surface area contributed by atoms with Gasteiger partial charge in [-0.25, -0.2) is 0 Å². The van der Waals surface area contributed by atoms with Crippen molar-refractivity contribution in [3.05, 3.63) is 0 Å². The summed E-state index contributed by atoms with van der Waals surface area (Å²) in [5, 5.41) is 9.24. The average Bonchev–Trinajstić information content (AvgIpc) is 2.44. The SMILES string of the molecule is COC(=O)C1C2CC(C#N)C(C1C(=O)OC)N(C)C2. The molecule has 0 spiro atoms. The summed E-state index contributed by atoms with van der Waals surface area (Å²) in [4.78, 5) is 26.0. The highest BCUT2D eigenvalue weighted by Crippen LogP contribution is 2.46. The van der Waals surface area contributed by atoms with Gasteiger partial charge in [0, 0.05) is 12.6 Å². The lowest BCUT2D eigenvalue weighted by Gasteiger charge is -2.52. The molecule has 3 rings (SSSR count). The number of nitriles is 1. The van der Waals surface area contributed by atoms with Crippen molar-refractivity contribution in [3.8, 4) is 6.07 Å². The van der Waals surface area contributed by atoms with Gasteiger partial charge in [-0.2, -0.15) is 5.26 Å². The summed E-state index contributed by atoms with van der Waals surface area (Å²) in [7, 11) is 4.51. The van der Waals surface area contributed by atoms with E-state index >= 15 is 0 Å². The van der Waals surface area contributed by atoms with Crippen LogP contribution in [0.3, 0.4) is 0 Å². The molecule has 0 aromatic carbocycles. The Bertz CT molecular complexity index is 431. The number of ether oxygens (including phenoxy) is 2. The molecule has 5 unspecified atom stereocenters. The molecule has 5 atom stereocenters. The molecule has 1 aliphatic carbocycles. The van der Waals surface area contributed by atoms with E-state index in [0.29, 0.717) is 13.0 Å². The summed E-state index contributed by atoms with van der Waals surface area (Å²) in [6.45, 7) is 0.704. The summed E-state index contributed by atoms with van der Waals surface area (Å²) in [6, 6.07) is 1.98. The van der Waals surface area contributed by atoms with Crippen molar-refractivity contribution in [2.45, 2.75) is 12.5 Å². The van der Waals surface area contributed by atoms with Crippen molar-refractivity contribution in [1.29, 1.82) is 5.26 Å². The van der Waals surface area contributed by atoms with Crippen LogP contribution in [-0.2, 0) is 19.1 Å². The molecular formula is C13H18N2O4. The zero-order valence-electron chi connectivity index (χ0n) is 11.3. The molecular weight excluding hydrogens is 248 g/mol. The molecule has 0 N–H and O–H groups in total. The lowest BCUT2D eigenvalue weighted by atomic mass is 9.61. The fourth-order valence-corrected chi connectivity index (χ4v) is 3.66. The van der Waals surface area contributed by atoms with Gasteiger partial charge in [0.25, 0.3) is 0 Å². The number of piperidine rings is 2. The molecule has 3 aliphatic rings. The minimum Gasteiger partial charge on any atom is -0.469 e. The number of hydrogen-bond acceptors (Lipinski definition) is 6. The highest BCUT2D eigenvalue weighted by atomic mass is 16.5. The second-order valence-corrected chi connectivity index (χ2v) is 5.26. The number of nitrogens with zero attached hydrogens (tertiary/aromatic N) is 2. The quantitative estimate of drug-likeness (QED) is 0.656. The van der Waals surface area contributed by atoms with E-state index in [1.165, 1.54) is 14.2 Å². The van der Waals surface area contributed by atoms with Crippen LogP contribution in [-0.4, -0.2) is 50.7 Å². The second-order valence-electron chi connectivity index (χ2n) is 5.26. The van der Waals surface area contributed by atoms with Gasteiger partial charge in [0.1, 0.15) is 0 Å². The van der Waals surface area contributed by atoms with Crippen LogP contribution in [0.4, 0.5) is 0 Å². The van der Waals surface area contributed by atoms with Crippen molar-refractivity contribution in [2.24, 2.45) is 23.7 Å². The van der Waals surface area contributed by atoms with Gasteiger partial charge in [0.15, 0.2) is 0 Å². The Kier molecular flexibility index (Phi) is 3.76. The third kappa shape index (κ3) is 2.08. The molecule has 1 saturated carbocycles. The molecule has 6 nitrogen and oxygen atoms in total. The van der Waals surface area contributed by atoms with E-state index in [-0.39, 0.29) is 23.8 Å². The number of carbonyl (C=O) groups is 2. The molecule has 2 aliphatic heterocycles. The Labute approximate surface area is 112 Å². The van der Waals surface area contributed by atoms with E-state index in [2.05, 4.69) is 6.07 Å². The normalized spacial score (nSPS) is 37.5. The lowest BCUT2D eigenvalue weighted by Crippen LogP contribution is -2.63. The number of methoxy groups -OCH3 is 2. The Balaban J connectivity index is 2.39. The standard InChI is InChI=1S/C13H18N2O4/c1-15-6-8-4-7(5-14)11(15)10(13(17)19-3)9(8)12(16)18-2/h7-11H,4,6H2,1-3H3. The molecule has 0 aromatic heterocycles. The van der Waals surface area contributed by atoms with E-state index in [1.54, 1.807) is 0 Å². The van der Waals surface area contributed by atoms with Gasteiger partial charge in [-0.15, -0.1) is 0 Å². The first-order chi connectivity index (χ1) is 9.04. The van der Waals surface area contributed by atoms with E-state index in [4.69, 9.17) is 9.47 Å². The van der Waals surface area contributed by atoms with E-state index in [0.717, 1.165) is 0 Å². The molecule has 0 radical (unpaired) electrons. The first-order valence-electron chi connectivity index (χ1n) is 6.30. The van der Waals surface area contributed by atoms with Gasteiger partial charge >= 0.3 is 11.9 Å². The number of rotatable bonds is 2. The van der Waals surface area contributed by atoms with Crippen LogP contribution in [0.15, 0.2) is 0 Å². The fourth-order valence-electron chi connectivity index (χ4n) is 3.66. The Morgan fingerprint density at radius 3 is 2.32 bits per heavy atom. The van der Waals surface area contributed by atoms with E-state index in [9.17, 15) is 14.9 Å². The first kappa shape index (κ1) is 13.8. The van der Waals surface area contributed by atoms with Gasteiger partial charge in [0.05, 0.1) is 38.0 Å². The highest BCUT2D eigenvalue weighted by Gasteiger charge is 2.57. The Morgan fingerprint density at radius 1 is 1.21 bits per heavy atom. The fraction of sp³-hybridized carbons (Fsp3) is 0.769. The van der Waals surface area contributed by atoms with Gasteiger partial charge < -0.3 is 14.4 Å². The smallest absolute Gasteiger partial charge is 0.311 e. The number of carbonyl (C=O) groups excluding carboxylic acids is 2. The van der Waals surface area contributed by atoms with Gasteiger partial charge in [-0.3, -0.25) is 9.59 Å². The minimum absolute atomic E-state index is 0.0313. The molecule has 0 amide bonds. The summed E-state index contributed by atoms with van der Waals surface area (Å²) >= 11 is 0. The third-order valence-electron chi connectivity index (χ3n) is 4.38. The number of esters is 2. The zero-order chi connectivity index (χ0) is 14.2. The number of fused-ring (bicyclic) bond motifs is 3. The van der Waals surface area contributed by atoms with Gasteiger partial charge in [-0.05, 0) is 19.4 Å². The van der Waals surface area contributed by atoms with Crippen LogP contribution >= 0.6 is 0 Å². The van der Waals surface area contributed by atoms with Gasteiger partial charge in [-0.1, -0.05) is 0 Å². The van der Waals surface area contributed by atoms with Crippen LogP contribution in [0.1, 0.15) is 6.42 Å². The van der Waals surface area contributed by atoms with Crippen LogP contribution in [0.5, 0.6) is 0 Å². The summed E-state index contributed by atoms with van der Waals surface area (Å²) in [6.07, 6.45) is 0.638. The minimum atomic E-state index is -0.611. The molecule has 3 fully saturated rings. The molecule has 2 bridgehead atoms. The van der Waals surface area contributed by atoms with Crippen molar-refractivity contribution in [1.82, 2.24) is 4.90 Å². The largest absolute Gasteiger partial charge is 0.469 e.